The van der Waals surface area contributed by atoms with Crippen molar-refractivity contribution in [2.45, 2.75) is 45.0 Å². The quantitative estimate of drug-likeness (QED) is 0.783. The lowest BCUT2D eigenvalue weighted by Crippen LogP contribution is -2.54. The van der Waals surface area contributed by atoms with Crippen molar-refractivity contribution in [2.75, 3.05) is 25.1 Å². The topological polar surface area (TPSA) is 67.9 Å². The Kier molecular flexibility index (Phi) is 6.46. The van der Waals surface area contributed by atoms with Crippen LogP contribution in [0.15, 0.2) is 24.3 Å². The number of nitrogens with one attached hydrogen (secondary N) is 1. The van der Waals surface area contributed by atoms with Crippen LogP contribution in [0, 0.1) is 5.92 Å². The Bertz CT molecular complexity index is 716. The predicted molar refractivity (Wildman–Crippen MR) is 96.9 cm³/mol. The van der Waals surface area contributed by atoms with Crippen LogP contribution in [-0.4, -0.2) is 43.9 Å². The summed E-state index contributed by atoms with van der Waals surface area (Å²) in [4.78, 5) is 26.0. The van der Waals surface area contributed by atoms with E-state index in [4.69, 9.17) is 9.47 Å². The summed E-state index contributed by atoms with van der Waals surface area (Å²) >= 11 is 0. The van der Waals surface area contributed by atoms with Crippen LogP contribution in [0.3, 0.4) is 0 Å². The molecular formula is C19H25F3N2O4. The van der Waals surface area contributed by atoms with Gasteiger partial charge in [0.25, 0.3) is 0 Å². The number of methoxy groups -OCH3 is 1. The first-order valence-electron chi connectivity index (χ1n) is 8.90. The second-order valence-corrected chi connectivity index (χ2v) is 7.67. The molecule has 2 atom stereocenters. The smallest absolute Gasteiger partial charge is 0.416 e. The number of hydrogen-bond acceptors (Lipinski definition) is 5. The van der Waals surface area contributed by atoms with Gasteiger partial charge in [-0.3, -0.25) is 4.79 Å². The SMILES string of the molecule is COC(=O)C1CN(c2cccc(C(F)(F)F)c2)CCC1NC(=O)OC(C)(C)C. The highest BCUT2D eigenvalue weighted by Gasteiger charge is 2.38. The molecule has 1 aromatic carbocycles. The Labute approximate surface area is 162 Å². The highest BCUT2D eigenvalue weighted by atomic mass is 19.4. The van der Waals surface area contributed by atoms with Crippen LogP contribution in [0.2, 0.25) is 0 Å². The number of benzene rings is 1. The summed E-state index contributed by atoms with van der Waals surface area (Å²) in [6, 6.07) is 4.40. The minimum absolute atomic E-state index is 0.119. The van der Waals surface area contributed by atoms with E-state index in [-0.39, 0.29) is 6.54 Å². The third kappa shape index (κ3) is 5.77. The zero-order valence-electron chi connectivity index (χ0n) is 16.3. The minimum atomic E-state index is -4.45. The first-order valence-corrected chi connectivity index (χ1v) is 8.90. The molecule has 0 saturated carbocycles. The molecule has 1 aliphatic rings. The fraction of sp³-hybridized carbons (Fsp3) is 0.579. The van der Waals surface area contributed by atoms with Gasteiger partial charge in [-0.05, 0) is 45.4 Å². The molecule has 0 radical (unpaired) electrons. The van der Waals surface area contributed by atoms with Crippen LogP contribution in [-0.2, 0) is 20.4 Å². The van der Waals surface area contributed by atoms with E-state index in [1.807, 2.05) is 0 Å². The predicted octanol–water partition coefficient (Wildman–Crippen LogP) is 3.60. The number of anilines is 1. The van der Waals surface area contributed by atoms with E-state index in [2.05, 4.69) is 5.32 Å². The molecule has 1 fully saturated rings. The van der Waals surface area contributed by atoms with Gasteiger partial charge in [0.2, 0.25) is 0 Å². The molecular weight excluding hydrogens is 377 g/mol. The number of alkyl carbamates (subject to hydrolysis) is 1. The monoisotopic (exact) mass is 402 g/mol. The van der Waals surface area contributed by atoms with Crippen LogP contribution in [0.1, 0.15) is 32.8 Å². The standard InChI is InChI=1S/C19H25F3N2O4/c1-18(2,3)28-17(26)23-15-8-9-24(11-14(15)16(25)27-4)13-7-5-6-12(10-13)19(20,21)22/h5-7,10,14-15H,8-9,11H2,1-4H3,(H,23,26). The van der Waals surface area contributed by atoms with Gasteiger partial charge < -0.3 is 19.7 Å². The number of alkyl halides is 3. The van der Waals surface area contributed by atoms with Crippen molar-refractivity contribution < 1.29 is 32.2 Å². The molecule has 9 heteroatoms. The Morgan fingerprint density at radius 1 is 1.21 bits per heavy atom. The fourth-order valence-corrected chi connectivity index (χ4v) is 3.09. The van der Waals surface area contributed by atoms with Crippen LogP contribution >= 0.6 is 0 Å². The van der Waals surface area contributed by atoms with Crippen molar-refractivity contribution in [3.05, 3.63) is 29.8 Å². The van der Waals surface area contributed by atoms with E-state index in [1.165, 1.54) is 13.2 Å². The van der Waals surface area contributed by atoms with Crippen molar-refractivity contribution in [1.82, 2.24) is 5.32 Å². The molecule has 1 aliphatic heterocycles. The summed E-state index contributed by atoms with van der Waals surface area (Å²) in [6.07, 6.45) is -4.75. The molecule has 0 aromatic heterocycles. The Morgan fingerprint density at radius 3 is 2.46 bits per heavy atom. The maximum Gasteiger partial charge on any atom is 0.416 e. The summed E-state index contributed by atoms with van der Waals surface area (Å²) in [5, 5.41) is 2.68. The largest absolute Gasteiger partial charge is 0.469 e. The lowest BCUT2D eigenvalue weighted by Gasteiger charge is -2.39. The molecule has 2 unspecified atom stereocenters. The summed E-state index contributed by atoms with van der Waals surface area (Å²) in [7, 11) is 1.23. The van der Waals surface area contributed by atoms with Gasteiger partial charge in [0.05, 0.1) is 18.6 Å². The van der Waals surface area contributed by atoms with Gasteiger partial charge in [-0.15, -0.1) is 0 Å². The minimum Gasteiger partial charge on any atom is -0.469 e. The van der Waals surface area contributed by atoms with E-state index >= 15 is 0 Å². The maximum atomic E-state index is 13.0. The number of rotatable bonds is 3. The molecule has 0 spiro atoms. The van der Waals surface area contributed by atoms with Gasteiger partial charge in [0.15, 0.2) is 0 Å². The molecule has 0 bridgehead atoms. The lowest BCUT2D eigenvalue weighted by molar-refractivity contribution is -0.146. The molecule has 1 heterocycles. The molecule has 2 rings (SSSR count). The highest BCUT2D eigenvalue weighted by molar-refractivity contribution is 5.76. The number of amides is 1. The number of esters is 1. The summed E-state index contributed by atoms with van der Waals surface area (Å²) in [5.41, 5.74) is -1.09. The third-order valence-electron chi connectivity index (χ3n) is 4.36. The third-order valence-corrected chi connectivity index (χ3v) is 4.36. The molecule has 1 saturated heterocycles. The van der Waals surface area contributed by atoms with Crippen LogP contribution in [0.5, 0.6) is 0 Å². The van der Waals surface area contributed by atoms with Crippen molar-refractivity contribution in [1.29, 1.82) is 0 Å². The molecule has 1 N–H and O–H groups in total. The average Bonchev–Trinajstić information content (AvgIpc) is 2.59. The van der Waals surface area contributed by atoms with E-state index < -0.39 is 41.4 Å². The molecule has 1 amide bonds. The Balaban J connectivity index is 2.16. The highest BCUT2D eigenvalue weighted by Crippen LogP contribution is 2.33. The van der Waals surface area contributed by atoms with Gasteiger partial charge in [-0.2, -0.15) is 13.2 Å². The molecule has 1 aromatic rings. The first-order chi connectivity index (χ1) is 12.9. The zero-order chi connectivity index (χ0) is 21.1. The van der Waals surface area contributed by atoms with E-state index in [0.29, 0.717) is 18.7 Å². The van der Waals surface area contributed by atoms with E-state index in [9.17, 15) is 22.8 Å². The Morgan fingerprint density at radius 2 is 1.89 bits per heavy atom. The molecule has 6 nitrogen and oxygen atoms in total. The number of carbonyl (C=O) groups is 2. The zero-order valence-corrected chi connectivity index (χ0v) is 16.3. The van der Waals surface area contributed by atoms with Crippen molar-refractivity contribution >= 4 is 17.7 Å². The van der Waals surface area contributed by atoms with Crippen LogP contribution < -0.4 is 10.2 Å². The van der Waals surface area contributed by atoms with Gasteiger partial charge >= 0.3 is 18.2 Å². The van der Waals surface area contributed by atoms with Crippen LogP contribution in [0.4, 0.5) is 23.7 Å². The van der Waals surface area contributed by atoms with Gasteiger partial charge in [0.1, 0.15) is 5.60 Å². The summed E-state index contributed by atoms with van der Waals surface area (Å²) in [6.45, 7) is 5.66. The van der Waals surface area contributed by atoms with Gasteiger partial charge in [-0.25, -0.2) is 4.79 Å². The maximum absolute atomic E-state index is 13.0. The lowest BCUT2D eigenvalue weighted by atomic mass is 9.91. The number of hydrogen-bond donors (Lipinski definition) is 1. The van der Waals surface area contributed by atoms with E-state index in [1.54, 1.807) is 31.7 Å². The van der Waals surface area contributed by atoms with Gasteiger partial charge in [-0.1, -0.05) is 6.07 Å². The van der Waals surface area contributed by atoms with Crippen LogP contribution in [0.25, 0.3) is 0 Å². The number of ether oxygens (including phenoxy) is 2. The number of halogens is 3. The number of carbonyl (C=O) groups excluding carboxylic acids is 2. The number of nitrogens with zero attached hydrogens (tertiary/aromatic N) is 1. The molecule has 28 heavy (non-hydrogen) atoms. The molecule has 0 aliphatic carbocycles. The summed E-state index contributed by atoms with van der Waals surface area (Å²) in [5.74, 6) is -1.28. The Hall–Kier alpha value is -2.45. The van der Waals surface area contributed by atoms with Crippen molar-refractivity contribution in [2.24, 2.45) is 5.92 Å². The summed E-state index contributed by atoms with van der Waals surface area (Å²) < 4.78 is 49.0. The second kappa shape index (κ2) is 8.28. The van der Waals surface area contributed by atoms with Crippen molar-refractivity contribution in [3.63, 3.8) is 0 Å². The average molecular weight is 402 g/mol. The fourth-order valence-electron chi connectivity index (χ4n) is 3.09. The van der Waals surface area contributed by atoms with Gasteiger partial charge in [0, 0.05) is 24.8 Å². The normalized spacial score (nSPS) is 20.5. The first kappa shape index (κ1) is 21.8. The molecule has 156 valence electrons. The van der Waals surface area contributed by atoms with Crippen molar-refractivity contribution in [3.8, 4) is 0 Å². The number of piperidine rings is 1. The second-order valence-electron chi connectivity index (χ2n) is 7.67. The van der Waals surface area contributed by atoms with E-state index in [0.717, 1.165) is 12.1 Å².